The van der Waals surface area contributed by atoms with Crippen molar-refractivity contribution in [1.82, 2.24) is 0 Å². The molecule has 0 spiro atoms. The summed E-state index contributed by atoms with van der Waals surface area (Å²) in [6, 6.07) is 10.0. The number of hydrogen-bond acceptors (Lipinski definition) is 4. The summed E-state index contributed by atoms with van der Waals surface area (Å²) in [5.74, 6) is 0. The highest BCUT2D eigenvalue weighted by atomic mass is 28.4. The van der Waals surface area contributed by atoms with Gasteiger partial charge in [0.2, 0.25) is 0 Å². The van der Waals surface area contributed by atoms with Crippen LogP contribution < -0.4 is 0 Å². The van der Waals surface area contributed by atoms with Crippen LogP contribution in [0.1, 0.15) is 46.0 Å². The van der Waals surface area contributed by atoms with Crippen molar-refractivity contribution in [2.45, 2.75) is 70.7 Å². The summed E-state index contributed by atoms with van der Waals surface area (Å²) in [7, 11) is -1.93. The summed E-state index contributed by atoms with van der Waals surface area (Å²) in [5.41, 5.74) is 1.97. The van der Waals surface area contributed by atoms with Crippen molar-refractivity contribution in [3.8, 4) is 0 Å². The second-order valence-electron chi connectivity index (χ2n) is 8.61. The standard InChI is InChI=1S/C21H34O4Si/c1-16(14-22)12-13-18-19(25-26(5,6)21(2,3)4)15-23-20(24-18)17-10-8-7-9-11-17/h7-12,18-20,22H,13-15H2,1-6H3/b16-12+/t18-,19+,20+/m0/s1. The first-order chi connectivity index (χ1) is 12.1. The molecule has 3 atom stereocenters. The van der Waals surface area contributed by atoms with Crippen LogP contribution in [0.3, 0.4) is 0 Å². The van der Waals surface area contributed by atoms with E-state index >= 15 is 0 Å². The number of hydrogen-bond donors (Lipinski definition) is 1. The minimum absolute atomic E-state index is 0.0685. The van der Waals surface area contributed by atoms with Crippen LogP contribution in [0.2, 0.25) is 18.1 Å². The van der Waals surface area contributed by atoms with Gasteiger partial charge in [0.15, 0.2) is 14.6 Å². The predicted octanol–water partition coefficient (Wildman–Crippen LogP) is 4.82. The van der Waals surface area contributed by atoms with Gasteiger partial charge in [-0.05, 0) is 31.5 Å². The Morgan fingerprint density at radius 2 is 1.92 bits per heavy atom. The molecule has 1 fully saturated rings. The fourth-order valence-electron chi connectivity index (χ4n) is 2.61. The van der Waals surface area contributed by atoms with Crippen molar-refractivity contribution < 1.29 is 19.0 Å². The van der Waals surface area contributed by atoms with Crippen molar-refractivity contribution in [3.63, 3.8) is 0 Å². The molecule has 0 radical (unpaired) electrons. The highest BCUT2D eigenvalue weighted by molar-refractivity contribution is 6.74. The van der Waals surface area contributed by atoms with Gasteiger partial charge in [0.25, 0.3) is 0 Å². The highest BCUT2D eigenvalue weighted by Crippen LogP contribution is 2.39. The summed E-state index contributed by atoms with van der Waals surface area (Å²) in [5, 5.41) is 9.42. The Kier molecular flexibility index (Phi) is 7.22. The molecule has 1 saturated heterocycles. The first-order valence-electron chi connectivity index (χ1n) is 9.40. The topological polar surface area (TPSA) is 47.9 Å². The van der Waals surface area contributed by atoms with Crippen molar-refractivity contribution >= 4 is 8.32 Å². The molecule has 1 aromatic carbocycles. The number of ether oxygens (including phenoxy) is 2. The first kappa shape index (κ1) is 21.3. The Bertz CT molecular complexity index is 592. The summed E-state index contributed by atoms with van der Waals surface area (Å²) < 4.78 is 18.9. The molecule has 0 aromatic heterocycles. The van der Waals surface area contributed by atoms with Crippen LogP contribution in [0.15, 0.2) is 42.0 Å². The second-order valence-corrected chi connectivity index (χ2v) is 13.4. The van der Waals surface area contributed by atoms with Crippen LogP contribution in [0, 0.1) is 0 Å². The van der Waals surface area contributed by atoms with E-state index in [0.717, 1.165) is 11.1 Å². The molecule has 0 unspecified atom stereocenters. The second kappa shape index (κ2) is 8.80. The SMILES string of the molecule is C/C(=C\C[C@@H]1O[C@H](c2ccccc2)OC[C@H]1O[Si](C)(C)C(C)(C)C)CO. The third-order valence-electron chi connectivity index (χ3n) is 5.40. The maximum atomic E-state index is 9.30. The van der Waals surface area contributed by atoms with Gasteiger partial charge in [-0.1, -0.05) is 62.8 Å². The molecule has 0 saturated carbocycles. The third kappa shape index (κ3) is 5.51. The molecule has 5 heteroatoms. The number of aliphatic hydroxyl groups is 1. The van der Waals surface area contributed by atoms with E-state index in [1.807, 2.05) is 43.3 Å². The van der Waals surface area contributed by atoms with E-state index < -0.39 is 8.32 Å². The Hall–Kier alpha value is -0.983. The van der Waals surface area contributed by atoms with Crippen LogP contribution in [0.5, 0.6) is 0 Å². The van der Waals surface area contributed by atoms with Crippen LogP contribution in [-0.2, 0) is 13.9 Å². The quantitative estimate of drug-likeness (QED) is 0.569. The average Bonchev–Trinajstić information content (AvgIpc) is 2.60. The zero-order valence-electron chi connectivity index (χ0n) is 17.0. The molecule has 0 amide bonds. The van der Waals surface area contributed by atoms with Gasteiger partial charge in [0, 0.05) is 5.56 Å². The predicted molar refractivity (Wildman–Crippen MR) is 108 cm³/mol. The molecule has 26 heavy (non-hydrogen) atoms. The summed E-state index contributed by atoms with van der Waals surface area (Å²) in [6.07, 6.45) is 2.18. The van der Waals surface area contributed by atoms with Gasteiger partial charge in [-0.15, -0.1) is 0 Å². The van der Waals surface area contributed by atoms with Crippen molar-refractivity contribution in [2.75, 3.05) is 13.2 Å². The van der Waals surface area contributed by atoms with Crippen LogP contribution >= 0.6 is 0 Å². The van der Waals surface area contributed by atoms with Gasteiger partial charge in [0.1, 0.15) is 0 Å². The molecule has 146 valence electrons. The molecule has 1 aliphatic rings. The lowest BCUT2D eigenvalue weighted by Crippen LogP contribution is -2.51. The lowest BCUT2D eigenvalue weighted by molar-refractivity contribution is -0.252. The zero-order valence-corrected chi connectivity index (χ0v) is 18.0. The molecule has 4 nitrogen and oxygen atoms in total. The minimum atomic E-state index is -1.93. The van der Waals surface area contributed by atoms with Crippen LogP contribution in [-0.4, -0.2) is 38.8 Å². The normalized spacial score (nSPS) is 25.3. The monoisotopic (exact) mass is 378 g/mol. The summed E-state index contributed by atoms with van der Waals surface area (Å²) in [4.78, 5) is 0. The summed E-state index contributed by atoms with van der Waals surface area (Å²) >= 11 is 0. The molecular formula is C21H34O4Si. The third-order valence-corrected chi connectivity index (χ3v) is 9.90. The lowest BCUT2D eigenvalue weighted by atomic mass is 10.1. The molecule has 1 heterocycles. The molecule has 0 aliphatic carbocycles. The molecule has 0 bridgehead atoms. The highest BCUT2D eigenvalue weighted by Gasteiger charge is 2.43. The minimum Gasteiger partial charge on any atom is -0.409 e. The largest absolute Gasteiger partial charge is 0.409 e. The Labute approximate surface area is 159 Å². The number of rotatable bonds is 6. The van der Waals surface area contributed by atoms with E-state index in [1.165, 1.54) is 0 Å². The Morgan fingerprint density at radius 1 is 1.27 bits per heavy atom. The first-order valence-corrected chi connectivity index (χ1v) is 12.3. The van der Waals surface area contributed by atoms with E-state index in [1.54, 1.807) is 0 Å². The zero-order chi connectivity index (χ0) is 19.4. The maximum absolute atomic E-state index is 9.30. The van der Waals surface area contributed by atoms with E-state index in [4.69, 9.17) is 13.9 Å². The van der Waals surface area contributed by atoms with Gasteiger partial charge in [0.05, 0.1) is 25.4 Å². The van der Waals surface area contributed by atoms with E-state index in [0.29, 0.717) is 13.0 Å². The van der Waals surface area contributed by atoms with Gasteiger partial charge in [-0.2, -0.15) is 0 Å². The average molecular weight is 379 g/mol. The fraction of sp³-hybridized carbons (Fsp3) is 0.619. The van der Waals surface area contributed by atoms with Crippen molar-refractivity contribution in [2.24, 2.45) is 0 Å². The van der Waals surface area contributed by atoms with Crippen molar-refractivity contribution in [3.05, 3.63) is 47.5 Å². The molecule has 2 rings (SSSR count). The smallest absolute Gasteiger partial charge is 0.192 e. The number of benzene rings is 1. The molecule has 1 aromatic rings. The van der Waals surface area contributed by atoms with Crippen LogP contribution in [0.4, 0.5) is 0 Å². The van der Waals surface area contributed by atoms with Gasteiger partial charge < -0.3 is 19.0 Å². The van der Waals surface area contributed by atoms with E-state index in [9.17, 15) is 5.11 Å². The fourth-order valence-corrected chi connectivity index (χ4v) is 3.94. The molecular weight excluding hydrogens is 344 g/mol. The molecule has 1 aliphatic heterocycles. The van der Waals surface area contributed by atoms with Gasteiger partial charge >= 0.3 is 0 Å². The lowest BCUT2D eigenvalue weighted by Gasteiger charge is -2.44. The summed E-state index contributed by atoms with van der Waals surface area (Å²) in [6.45, 7) is 13.7. The Morgan fingerprint density at radius 3 is 2.50 bits per heavy atom. The van der Waals surface area contributed by atoms with Crippen LogP contribution in [0.25, 0.3) is 0 Å². The molecule has 1 N–H and O–H groups in total. The van der Waals surface area contributed by atoms with Gasteiger partial charge in [-0.25, -0.2) is 0 Å². The van der Waals surface area contributed by atoms with E-state index in [2.05, 4.69) is 33.9 Å². The van der Waals surface area contributed by atoms with Gasteiger partial charge in [-0.3, -0.25) is 0 Å². The van der Waals surface area contributed by atoms with E-state index in [-0.39, 0.29) is 30.1 Å². The van der Waals surface area contributed by atoms with Crippen molar-refractivity contribution in [1.29, 1.82) is 0 Å². The Balaban J connectivity index is 2.16. The maximum Gasteiger partial charge on any atom is 0.192 e. The number of aliphatic hydroxyl groups excluding tert-OH is 1.